The Bertz CT molecular complexity index is 331. The highest BCUT2D eigenvalue weighted by Crippen LogP contribution is 2.14. The predicted molar refractivity (Wildman–Crippen MR) is 76.7 cm³/mol. The third-order valence-electron chi connectivity index (χ3n) is 2.91. The molecule has 0 aromatic heterocycles. The van der Waals surface area contributed by atoms with Crippen LogP contribution in [0.3, 0.4) is 0 Å². The van der Waals surface area contributed by atoms with Gasteiger partial charge in [0.05, 0.1) is 25.4 Å². The van der Waals surface area contributed by atoms with Crippen molar-refractivity contribution in [3.63, 3.8) is 0 Å². The summed E-state index contributed by atoms with van der Waals surface area (Å²) in [4.78, 5) is 0. The lowest BCUT2D eigenvalue weighted by Gasteiger charge is -2.12. The van der Waals surface area contributed by atoms with Gasteiger partial charge in [0, 0.05) is 6.42 Å². The van der Waals surface area contributed by atoms with Gasteiger partial charge in [0.2, 0.25) is 0 Å². The van der Waals surface area contributed by atoms with Crippen molar-refractivity contribution in [2.45, 2.75) is 45.3 Å². The largest absolute Gasteiger partial charge is 0.392 e. The molecule has 2 atom stereocenters. The molecule has 4 heteroatoms. The van der Waals surface area contributed by atoms with Crippen molar-refractivity contribution in [1.29, 1.82) is 0 Å². The third kappa shape index (κ3) is 8.72. The SMILES string of the molecule is C=C(C)[C@H](O)CC/C(C)=C/[C@H](O)C/C(=C/CO)CO. The Morgan fingerprint density at radius 3 is 2.32 bits per heavy atom. The fourth-order valence-electron chi connectivity index (χ4n) is 1.69. The Morgan fingerprint density at radius 1 is 1.21 bits per heavy atom. The van der Waals surface area contributed by atoms with Gasteiger partial charge < -0.3 is 20.4 Å². The second-order valence-corrected chi connectivity index (χ2v) is 4.89. The van der Waals surface area contributed by atoms with Crippen LogP contribution < -0.4 is 0 Å². The molecule has 0 aliphatic heterocycles. The number of hydrogen-bond donors (Lipinski definition) is 4. The van der Waals surface area contributed by atoms with Crippen molar-refractivity contribution in [3.8, 4) is 0 Å². The fraction of sp³-hybridized carbons (Fsp3) is 0.600. The van der Waals surface area contributed by atoms with Gasteiger partial charge in [0.15, 0.2) is 0 Å². The summed E-state index contributed by atoms with van der Waals surface area (Å²) in [6.45, 7) is 7.05. The van der Waals surface area contributed by atoms with Gasteiger partial charge in [0.25, 0.3) is 0 Å². The molecule has 0 fully saturated rings. The van der Waals surface area contributed by atoms with Crippen LogP contribution in [0.2, 0.25) is 0 Å². The molecule has 0 saturated heterocycles. The van der Waals surface area contributed by atoms with Gasteiger partial charge >= 0.3 is 0 Å². The Morgan fingerprint density at radius 2 is 1.84 bits per heavy atom. The minimum Gasteiger partial charge on any atom is -0.392 e. The van der Waals surface area contributed by atoms with Crippen LogP contribution in [0.15, 0.2) is 35.5 Å². The first-order valence-electron chi connectivity index (χ1n) is 6.49. The van der Waals surface area contributed by atoms with Crippen molar-refractivity contribution in [2.24, 2.45) is 0 Å². The molecule has 0 heterocycles. The van der Waals surface area contributed by atoms with E-state index in [1.807, 2.05) is 6.92 Å². The van der Waals surface area contributed by atoms with E-state index in [0.29, 0.717) is 24.8 Å². The summed E-state index contributed by atoms with van der Waals surface area (Å²) in [7, 11) is 0. The zero-order chi connectivity index (χ0) is 14.8. The second kappa shape index (κ2) is 9.92. The molecule has 0 bridgehead atoms. The monoisotopic (exact) mass is 270 g/mol. The van der Waals surface area contributed by atoms with Gasteiger partial charge in [0.1, 0.15) is 0 Å². The third-order valence-corrected chi connectivity index (χ3v) is 2.91. The van der Waals surface area contributed by atoms with Crippen LogP contribution in [-0.4, -0.2) is 45.8 Å². The lowest BCUT2D eigenvalue weighted by molar-refractivity contribution is 0.199. The van der Waals surface area contributed by atoms with E-state index in [4.69, 9.17) is 10.2 Å². The smallest absolute Gasteiger partial charge is 0.0761 e. The molecular formula is C15H26O4. The van der Waals surface area contributed by atoms with Gasteiger partial charge in [-0.1, -0.05) is 29.9 Å². The maximum absolute atomic E-state index is 9.83. The number of rotatable bonds is 9. The van der Waals surface area contributed by atoms with Gasteiger partial charge in [-0.15, -0.1) is 0 Å². The maximum atomic E-state index is 9.83. The van der Waals surface area contributed by atoms with Crippen molar-refractivity contribution in [1.82, 2.24) is 0 Å². The number of aliphatic hydroxyl groups is 4. The Labute approximate surface area is 115 Å². The molecule has 4 nitrogen and oxygen atoms in total. The van der Waals surface area contributed by atoms with E-state index < -0.39 is 12.2 Å². The maximum Gasteiger partial charge on any atom is 0.0761 e. The van der Waals surface area contributed by atoms with E-state index in [2.05, 4.69) is 6.58 Å². The van der Waals surface area contributed by atoms with Crippen LogP contribution >= 0.6 is 0 Å². The van der Waals surface area contributed by atoms with Crippen LogP contribution in [0.25, 0.3) is 0 Å². The van der Waals surface area contributed by atoms with E-state index in [9.17, 15) is 10.2 Å². The van der Waals surface area contributed by atoms with E-state index >= 15 is 0 Å². The highest BCUT2D eigenvalue weighted by atomic mass is 16.3. The van der Waals surface area contributed by atoms with Gasteiger partial charge in [-0.05, 0) is 32.3 Å². The molecule has 0 spiro atoms. The van der Waals surface area contributed by atoms with Crippen molar-refractivity contribution < 1.29 is 20.4 Å². The average molecular weight is 270 g/mol. The van der Waals surface area contributed by atoms with Gasteiger partial charge in [-0.2, -0.15) is 0 Å². The minimum absolute atomic E-state index is 0.143. The molecule has 19 heavy (non-hydrogen) atoms. The number of allylic oxidation sites excluding steroid dienone is 1. The molecule has 0 aromatic rings. The lowest BCUT2D eigenvalue weighted by Crippen LogP contribution is -2.09. The zero-order valence-corrected chi connectivity index (χ0v) is 11.8. The minimum atomic E-state index is -0.688. The average Bonchev–Trinajstić information content (AvgIpc) is 2.34. The standard InChI is InChI=1S/C15H26O4/c1-11(2)15(19)5-4-12(3)8-14(18)9-13(10-17)6-7-16/h6,8,14-19H,1,4-5,7,9-10H2,2-3H3/b12-8+,13-6-/t14-,15+/m0/s1. The van der Waals surface area contributed by atoms with E-state index in [0.717, 1.165) is 11.1 Å². The summed E-state index contributed by atoms with van der Waals surface area (Å²) in [6, 6.07) is 0. The summed E-state index contributed by atoms with van der Waals surface area (Å²) in [5.41, 5.74) is 2.33. The molecule has 0 amide bonds. The molecule has 0 rings (SSSR count). The molecule has 0 aliphatic carbocycles. The molecule has 0 aromatic carbocycles. The molecule has 110 valence electrons. The van der Waals surface area contributed by atoms with Gasteiger partial charge in [-0.3, -0.25) is 0 Å². The van der Waals surface area contributed by atoms with Crippen LogP contribution in [0.1, 0.15) is 33.1 Å². The first kappa shape index (κ1) is 18.1. The van der Waals surface area contributed by atoms with E-state index in [-0.39, 0.29) is 13.2 Å². The lowest BCUT2D eigenvalue weighted by atomic mass is 10.0. The van der Waals surface area contributed by atoms with Crippen molar-refractivity contribution in [2.75, 3.05) is 13.2 Å². The summed E-state index contributed by atoms with van der Waals surface area (Å²) in [6.07, 6.45) is 3.59. The Kier molecular flexibility index (Phi) is 9.43. The first-order chi connectivity index (χ1) is 8.90. The highest BCUT2D eigenvalue weighted by molar-refractivity contribution is 5.10. The Balaban J connectivity index is 4.27. The van der Waals surface area contributed by atoms with E-state index in [1.165, 1.54) is 6.08 Å². The molecule has 0 radical (unpaired) electrons. The predicted octanol–water partition coefficient (Wildman–Crippen LogP) is 1.31. The van der Waals surface area contributed by atoms with Crippen LogP contribution in [-0.2, 0) is 0 Å². The zero-order valence-electron chi connectivity index (χ0n) is 11.8. The van der Waals surface area contributed by atoms with Crippen LogP contribution in [0.4, 0.5) is 0 Å². The summed E-state index contributed by atoms with van der Waals surface area (Å²) in [5, 5.41) is 37.2. The first-order valence-corrected chi connectivity index (χ1v) is 6.49. The molecule has 4 N–H and O–H groups in total. The normalized spacial score (nSPS) is 16.3. The van der Waals surface area contributed by atoms with Gasteiger partial charge in [-0.25, -0.2) is 0 Å². The topological polar surface area (TPSA) is 80.9 Å². The molecular weight excluding hydrogens is 244 g/mol. The number of hydrogen-bond acceptors (Lipinski definition) is 4. The second-order valence-electron chi connectivity index (χ2n) is 4.89. The molecule has 0 unspecified atom stereocenters. The molecule has 0 saturated carbocycles. The summed E-state index contributed by atoms with van der Waals surface area (Å²) in [5.74, 6) is 0. The van der Waals surface area contributed by atoms with Crippen LogP contribution in [0.5, 0.6) is 0 Å². The fourth-order valence-corrected chi connectivity index (χ4v) is 1.69. The molecule has 0 aliphatic rings. The van der Waals surface area contributed by atoms with Crippen molar-refractivity contribution in [3.05, 3.63) is 35.5 Å². The Hall–Kier alpha value is -0.940. The highest BCUT2D eigenvalue weighted by Gasteiger charge is 2.07. The summed E-state index contributed by atoms with van der Waals surface area (Å²) < 4.78 is 0. The number of aliphatic hydroxyl groups excluding tert-OH is 4. The van der Waals surface area contributed by atoms with Crippen molar-refractivity contribution >= 4 is 0 Å². The van der Waals surface area contributed by atoms with E-state index in [1.54, 1.807) is 13.0 Å². The quantitative estimate of drug-likeness (QED) is 0.476. The van der Waals surface area contributed by atoms with Crippen LogP contribution in [0, 0.1) is 0 Å². The summed E-state index contributed by atoms with van der Waals surface area (Å²) >= 11 is 0.